The molecule has 0 unspecified atom stereocenters. The van der Waals surface area contributed by atoms with Crippen molar-refractivity contribution < 1.29 is 9.85 Å². The van der Waals surface area contributed by atoms with Gasteiger partial charge in [-0.05, 0) is 58.0 Å². The third-order valence-electron chi connectivity index (χ3n) is 4.49. The van der Waals surface area contributed by atoms with Crippen molar-refractivity contribution in [3.05, 3.63) is 97.9 Å². The SMILES string of the molecule is Cc1cc(C)n(-c2ccc([N+](=O)[O-])cc2)n1.Cc1nc(C)n(-c2ccc([N+](=O)[O-])cc2)n1. The quantitative estimate of drug-likeness (QED) is 0.346. The molecule has 32 heavy (non-hydrogen) atoms. The van der Waals surface area contributed by atoms with Gasteiger partial charge < -0.3 is 0 Å². The average molecular weight is 435 g/mol. The molecule has 0 radical (unpaired) electrons. The van der Waals surface area contributed by atoms with E-state index in [-0.39, 0.29) is 11.4 Å². The number of nitro benzene ring substituents is 2. The summed E-state index contributed by atoms with van der Waals surface area (Å²) in [7, 11) is 0. The van der Waals surface area contributed by atoms with Crippen LogP contribution in [-0.2, 0) is 0 Å². The zero-order valence-electron chi connectivity index (χ0n) is 18.0. The number of hydrogen-bond acceptors (Lipinski definition) is 7. The second-order valence-corrected chi connectivity index (χ2v) is 7.00. The van der Waals surface area contributed by atoms with Crippen molar-refractivity contribution in [1.29, 1.82) is 0 Å². The molecule has 0 aliphatic carbocycles. The normalized spacial score (nSPS) is 10.4. The highest BCUT2D eigenvalue weighted by Gasteiger charge is 2.09. The summed E-state index contributed by atoms with van der Waals surface area (Å²) < 4.78 is 3.41. The highest BCUT2D eigenvalue weighted by Crippen LogP contribution is 2.17. The van der Waals surface area contributed by atoms with Crippen LogP contribution in [0.25, 0.3) is 11.4 Å². The van der Waals surface area contributed by atoms with Crippen LogP contribution in [0.3, 0.4) is 0 Å². The maximum Gasteiger partial charge on any atom is 0.269 e. The summed E-state index contributed by atoms with van der Waals surface area (Å²) in [6.45, 7) is 7.49. The summed E-state index contributed by atoms with van der Waals surface area (Å²) in [5, 5.41) is 29.5. The Hall–Kier alpha value is -4.41. The number of aromatic nitrogens is 5. The van der Waals surface area contributed by atoms with Crippen LogP contribution < -0.4 is 0 Å². The molecule has 11 nitrogen and oxygen atoms in total. The average Bonchev–Trinajstić information content (AvgIpc) is 3.28. The predicted molar refractivity (Wildman–Crippen MR) is 117 cm³/mol. The fourth-order valence-electron chi connectivity index (χ4n) is 3.09. The molecule has 0 fully saturated rings. The Morgan fingerprint density at radius 1 is 0.719 bits per heavy atom. The number of aryl methyl sites for hydroxylation is 4. The molecule has 0 aliphatic heterocycles. The molecule has 2 aromatic heterocycles. The van der Waals surface area contributed by atoms with Gasteiger partial charge in [-0.2, -0.15) is 10.2 Å². The van der Waals surface area contributed by atoms with E-state index in [9.17, 15) is 20.2 Å². The van der Waals surface area contributed by atoms with Crippen molar-refractivity contribution in [3.63, 3.8) is 0 Å². The second-order valence-electron chi connectivity index (χ2n) is 7.00. The van der Waals surface area contributed by atoms with E-state index < -0.39 is 9.85 Å². The van der Waals surface area contributed by atoms with Crippen LogP contribution in [0, 0.1) is 47.9 Å². The highest BCUT2D eigenvalue weighted by atomic mass is 16.6. The topological polar surface area (TPSA) is 135 Å². The van der Waals surface area contributed by atoms with Gasteiger partial charge in [0.15, 0.2) is 0 Å². The minimum atomic E-state index is -0.427. The maximum absolute atomic E-state index is 10.5. The van der Waals surface area contributed by atoms with Crippen molar-refractivity contribution >= 4 is 11.4 Å². The lowest BCUT2D eigenvalue weighted by Crippen LogP contribution is -1.99. The molecular weight excluding hydrogens is 414 g/mol. The number of benzene rings is 2. The van der Waals surface area contributed by atoms with E-state index >= 15 is 0 Å². The summed E-state index contributed by atoms with van der Waals surface area (Å²) in [6, 6.07) is 14.5. The standard InChI is InChI=1S/C11H11N3O2.C10H10N4O2/c1-8-7-9(2)13(12-8)10-3-5-11(6-4-10)14(15)16;1-7-11-8(2)13(12-7)9-3-5-10(6-4-9)14(15)16/h3-7H,1-2H3;3-6H,1-2H3. The minimum absolute atomic E-state index is 0.0678. The summed E-state index contributed by atoms with van der Waals surface area (Å²) in [6.07, 6.45) is 0. The largest absolute Gasteiger partial charge is 0.269 e. The number of hydrogen-bond donors (Lipinski definition) is 0. The van der Waals surface area contributed by atoms with Crippen LogP contribution in [0.15, 0.2) is 54.6 Å². The van der Waals surface area contributed by atoms with Crippen molar-refractivity contribution in [2.45, 2.75) is 27.7 Å². The zero-order valence-corrected chi connectivity index (χ0v) is 18.0. The monoisotopic (exact) mass is 435 g/mol. The molecule has 2 heterocycles. The highest BCUT2D eigenvalue weighted by molar-refractivity contribution is 5.42. The molecule has 0 saturated heterocycles. The second kappa shape index (κ2) is 9.16. The molecule has 0 aliphatic rings. The van der Waals surface area contributed by atoms with Crippen LogP contribution in [0.5, 0.6) is 0 Å². The Bertz CT molecular complexity index is 1160. The van der Waals surface area contributed by atoms with E-state index in [4.69, 9.17) is 0 Å². The van der Waals surface area contributed by atoms with Gasteiger partial charge >= 0.3 is 0 Å². The first-order chi connectivity index (χ1) is 15.2. The smallest absolute Gasteiger partial charge is 0.258 e. The number of rotatable bonds is 4. The zero-order chi connectivity index (χ0) is 23.4. The Balaban J connectivity index is 0.000000181. The molecule has 0 atom stereocenters. The van der Waals surface area contributed by atoms with E-state index in [2.05, 4.69) is 15.2 Å². The maximum atomic E-state index is 10.5. The van der Waals surface area contributed by atoms with E-state index in [1.807, 2.05) is 26.8 Å². The van der Waals surface area contributed by atoms with Gasteiger partial charge in [-0.25, -0.2) is 14.3 Å². The number of non-ortho nitro benzene ring substituents is 2. The first kappa shape index (κ1) is 22.3. The molecule has 164 valence electrons. The Labute approximate surface area is 183 Å². The van der Waals surface area contributed by atoms with Crippen molar-refractivity contribution in [2.24, 2.45) is 0 Å². The third kappa shape index (κ3) is 5.01. The van der Waals surface area contributed by atoms with E-state index in [0.29, 0.717) is 5.82 Å². The van der Waals surface area contributed by atoms with Gasteiger partial charge in [0, 0.05) is 30.0 Å². The van der Waals surface area contributed by atoms with Crippen LogP contribution in [0.4, 0.5) is 11.4 Å². The summed E-state index contributed by atoms with van der Waals surface area (Å²) >= 11 is 0. The van der Waals surface area contributed by atoms with Gasteiger partial charge in [0.25, 0.3) is 11.4 Å². The first-order valence-corrected chi connectivity index (χ1v) is 9.59. The minimum Gasteiger partial charge on any atom is -0.258 e. The third-order valence-corrected chi connectivity index (χ3v) is 4.49. The first-order valence-electron chi connectivity index (χ1n) is 9.59. The van der Waals surface area contributed by atoms with Gasteiger partial charge in [-0.15, -0.1) is 0 Å². The number of nitrogens with zero attached hydrogens (tertiary/aromatic N) is 7. The molecule has 0 amide bonds. The summed E-state index contributed by atoms with van der Waals surface area (Å²) in [5.41, 5.74) is 3.69. The molecule has 0 saturated carbocycles. The van der Waals surface area contributed by atoms with Crippen LogP contribution in [0.2, 0.25) is 0 Å². The van der Waals surface area contributed by atoms with Gasteiger partial charge in [0.05, 0.1) is 26.9 Å². The molecule has 0 bridgehead atoms. The molecule has 11 heteroatoms. The lowest BCUT2D eigenvalue weighted by molar-refractivity contribution is -0.385. The Kier molecular flexibility index (Phi) is 6.38. The van der Waals surface area contributed by atoms with Crippen molar-refractivity contribution in [1.82, 2.24) is 24.5 Å². The van der Waals surface area contributed by atoms with E-state index in [0.717, 1.165) is 28.6 Å². The Morgan fingerprint density at radius 3 is 1.53 bits per heavy atom. The fraction of sp³-hybridized carbons (Fsp3) is 0.190. The van der Waals surface area contributed by atoms with E-state index in [1.54, 1.807) is 40.6 Å². The van der Waals surface area contributed by atoms with Gasteiger partial charge in [-0.1, -0.05) is 0 Å². The molecule has 2 aromatic carbocycles. The van der Waals surface area contributed by atoms with Gasteiger partial charge in [0.1, 0.15) is 11.6 Å². The van der Waals surface area contributed by atoms with Crippen LogP contribution in [0.1, 0.15) is 23.0 Å². The molecule has 0 spiro atoms. The lowest BCUT2D eigenvalue weighted by atomic mass is 10.3. The molecule has 4 rings (SSSR count). The summed E-state index contributed by atoms with van der Waals surface area (Å²) in [5.74, 6) is 1.43. The predicted octanol–water partition coefficient (Wildman–Crippen LogP) is 4.19. The molecular formula is C21H21N7O4. The van der Waals surface area contributed by atoms with Crippen LogP contribution >= 0.6 is 0 Å². The van der Waals surface area contributed by atoms with Gasteiger partial charge in [0.2, 0.25) is 0 Å². The number of nitro groups is 2. The van der Waals surface area contributed by atoms with Gasteiger partial charge in [-0.3, -0.25) is 20.2 Å². The summed E-state index contributed by atoms with van der Waals surface area (Å²) in [4.78, 5) is 24.3. The van der Waals surface area contributed by atoms with Crippen molar-refractivity contribution in [3.8, 4) is 11.4 Å². The fourth-order valence-corrected chi connectivity index (χ4v) is 3.09. The van der Waals surface area contributed by atoms with Crippen molar-refractivity contribution in [2.75, 3.05) is 0 Å². The molecule has 0 N–H and O–H groups in total. The van der Waals surface area contributed by atoms with Crippen LogP contribution in [-0.4, -0.2) is 34.4 Å². The van der Waals surface area contributed by atoms with E-state index in [1.165, 1.54) is 24.3 Å². The Morgan fingerprint density at radius 2 is 1.19 bits per heavy atom. The molecule has 4 aromatic rings. The lowest BCUT2D eigenvalue weighted by Gasteiger charge is -2.03.